The fraction of sp³-hybridized carbons (Fsp3) is 0.0870. The van der Waals surface area contributed by atoms with Crippen molar-refractivity contribution < 1.29 is 0 Å². The highest BCUT2D eigenvalue weighted by Crippen LogP contribution is 2.41. The Morgan fingerprint density at radius 2 is 1.22 bits per heavy atom. The van der Waals surface area contributed by atoms with Crippen LogP contribution in [0.5, 0.6) is 0 Å². The molecule has 27 heavy (non-hydrogen) atoms. The lowest BCUT2D eigenvalue weighted by Crippen LogP contribution is -2.16. The van der Waals surface area contributed by atoms with E-state index in [1.165, 1.54) is 5.56 Å². The molecule has 0 spiro atoms. The van der Waals surface area contributed by atoms with Crippen LogP contribution in [0, 0.1) is 0 Å². The summed E-state index contributed by atoms with van der Waals surface area (Å²) in [6.45, 7) is 0. The summed E-state index contributed by atoms with van der Waals surface area (Å²) < 4.78 is 0. The van der Waals surface area contributed by atoms with Gasteiger partial charge in [0.05, 0.1) is 5.69 Å². The van der Waals surface area contributed by atoms with E-state index in [0.29, 0.717) is 5.82 Å². The SMILES string of the molecule is Nc1cccc(C(c2cccnc2)C(c2ccccc2)c2cccnc2)n1. The predicted octanol–water partition coefficient (Wildman–Crippen LogP) is 4.42. The first-order valence-corrected chi connectivity index (χ1v) is 8.90. The minimum atomic E-state index is -0.0335. The Morgan fingerprint density at radius 3 is 1.81 bits per heavy atom. The smallest absolute Gasteiger partial charge is 0.123 e. The van der Waals surface area contributed by atoms with Gasteiger partial charge in [-0.15, -0.1) is 0 Å². The molecule has 0 aliphatic carbocycles. The van der Waals surface area contributed by atoms with Gasteiger partial charge in [-0.25, -0.2) is 4.98 Å². The van der Waals surface area contributed by atoms with Crippen molar-refractivity contribution in [2.75, 3.05) is 5.73 Å². The Morgan fingerprint density at radius 1 is 0.593 bits per heavy atom. The van der Waals surface area contributed by atoms with E-state index in [0.717, 1.165) is 16.8 Å². The molecular weight excluding hydrogens is 332 g/mol. The summed E-state index contributed by atoms with van der Waals surface area (Å²) in [6, 6.07) is 24.4. The molecule has 3 heterocycles. The number of rotatable bonds is 5. The molecule has 2 atom stereocenters. The second kappa shape index (κ2) is 7.79. The van der Waals surface area contributed by atoms with Gasteiger partial charge < -0.3 is 5.73 Å². The standard InChI is InChI=1S/C23H20N4/c24-21-12-4-11-20(27-21)23(19-10-6-14-26-16-19)22(17-7-2-1-3-8-17)18-9-5-13-25-15-18/h1-16,22-23H,(H2,24,27). The summed E-state index contributed by atoms with van der Waals surface area (Å²) in [5, 5.41) is 0. The largest absolute Gasteiger partial charge is 0.384 e. The van der Waals surface area contributed by atoms with Crippen molar-refractivity contribution in [1.82, 2.24) is 15.0 Å². The zero-order chi connectivity index (χ0) is 18.5. The van der Waals surface area contributed by atoms with Gasteiger partial charge in [-0.2, -0.15) is 0 Å². The van der Waals surface area contributed by atoms with Crippen LogP contribution >= 0.6 is 0 Å². The Hall–Kier alpha value is -3.53. The molecule has 0 aliphatic heterocycles. The van der Waals surface area contributed by atoms with Crippen LogP contribution in [-0.2, 0) is 0 Å². The molecule has 132 valence electrons. The van der Waals surface area contributed by atoms with Crippen LogP contribution in [0.1, 0.15) is 34.2 Å². The number of nitrogens with two attached hydrogens (primary N) is 1. The Bertz CT molecular complexity index is 949. The zero-order valence-electron chi connectivity index (χ0n) is 14.8. The number of hydrogen-bond acceptors (Lipinski definition) is 4. The summed E-state index contributed by atoms with van der Waals surface area (Å²) in [6.07, 6.45) is 7.41. The second-order valence-electron chi connectivity index (χ2n) is 6.43. The van der Waals surface area contributed by atoms with E-state index in [4.69, 9.17) is 5.73 Å². The molecule has 4 nitrogen and oxygen atoms in total. The molecule has 3 aromatic heterocycles. The topological polar surface area (TPSA) is 64.7 Å². The van der Waals surface area contributed by atoms with Crippen LogP contribution in [0.25, 0.3) is 0 Å². The number of nitrogens with zero attached hydrogens (tertiary/aromatic N) is 3. The average Bonchev–Trinajstić information content (AvgIpc) is 2.74. The number of anilines is 1. The van der Waals surface area contributed by atoms with Gasteiger partial charge in [-0.1, -0.05) is 48.5 Å². The number of benzene rings is 1. The average molecular weight is 352 g/mol. The first kappa shape index (κ1) is 16.9. The molecule has 0 amide bonds. The van der Waals surface area contributed by atoms with Gasteiger partial charge in [0, 0.05) is 36.6 Å². The molecule has 0 bridgehead atoms. The third-order valence-electron chi connectivity index (χ3n) is 4.69. The van der Waals surface area contributed by atoms with Crippen LogP contribution in [0.15, 0.2) is 97.6 Å². The quantitative estimate of drug-likeness (QED) is 0.577. The predicted molar refractivity (Wildman–Crippen MR) is 107 cm³/mol. The van der Waals surface area contributed by atoms with Crippen molar-refractivity contribution in [3.8, 4) is 0 Å². The first-order valence-electron chi connectivity index (χ1n) is 8.90. The van der Waals surface area contributed by atoms with E-state index < -0.39 is 0 Å². The third-order valence-corrected chi connectivity index (χ3v) is 4.69. The lowest BCUT2D eigenvalue weighted by atomic mass is 9.76. The van der Waals surface area contributed by atoms with Gasteiger partial charge in [0.15, 0.2) is 0 Å². The van der Waals surface area contributed by atoms with Gasteiger partial charge in [0.25, 0.3) is 0 Å². The lowest BCUT2D eigenvalue weighted by Gasteiger charge is -2.28. The summed E-state index contributed by atoms with van der Waals surface area (Å²) in [5.74, 6) is 0.520. The van der Waals surface area contributed by atoms with E-state index in [-0.39, 0.29) is 11.8 Å². The minimum Gasteiger partial charge on any atom is -0.384 e. The maximum atomic E-state index is 6.01. The van der Waals surface area contributed by atoms with Gasteiger partial charge in [0.1, 0.15) is 5.82 Å². The molecule has 0 aliphatic rings. The summed E-state index contributed by atoms with van der Waals surface area (Å²) in [4.78, 5) is 13.4. The molecule has 2 N–H and O–H groups in total. The van der Waals surface area contributed by atoms with Crippen molar-refractivity contribution in [3.05, 3.63) is 120 Å². The second-order valence-corrected chi connectivity index (χ2v) is 6.43. The lowest BCUT2D eigenvalue weighted by molar-refractivity contribution is 0.671. The van der Waals surface area contributed by atoms with Gasteiger partial charge in [0.2, 0.25) is 0 Å². The van der Waals surface area contributed by atoms with Crippen LogP contribution in [0.4, 0.5) is 5.82 Å². The molecule has 0 saturated carbocycles. The summed E-state index contributed by atoms with van der Waals surface area (Å²) >= 11 is 0. The monoisotopic (exact) mass is 352 g/mol. The van der Waals surface area contributed by atoms with Crippen molar-refractivity contribution in [1.29, 1.82) is 0 Å². The van der Waals surface area contributed by atoms with E-state index in [2.05, 4.69) is 51.4 Å². The number of nitrogen functional groups attached to an aromatic ring is 1. The normalized spacial score (nSPS) is 13.0. The maximum absolute atomic E-state index is 6.01. The highest BCUT2D eigenvalue weighted by atomic mass is 14.8. The van der Waals surface area contributed by atoms with Crippen molar-refractivity contribution >= 4 is 5.82 Å². The minimum absolute atomic E-state index is 0.0335. The summed E-state index contributed by atoms with van der Waals surface area (Å²) in [7, 11) is 0. The highest BCUT2D eigenvalue weighted by molar-refractivity contribution is 5.43. The van der Waals surface area contributed by atoms with Crippen molar-refractivity contribution in [2.45, 2.75) is 11.8 Å². The Labute approximate surface area is 158 Å². The fourth-order valence-electron chi connectivity index (χ4n) is 3.53. The number of hydrogen-bond donors (Lipinski definition) is 1. The molecule has 4 rings (SSSR count). The molecule has 0 saturated heterocycles. The Kier molecular flexibility index (Phi) is 4.88. The third kappa shape index (κ3) is 3.70. The van der Waals surface area contributed by atoms with Gasteiger partial charge in [-0.05, 0) is 41.0 Å². The molecular formula is C23H20N4. The molecule has 1 aromatic carbocycles. The fourth-order valence-corrected chi connectivity index (χ4v) is 3.53. The number of aromatic nitrogens is 3. The van der Waals surface area contributed by atoms with Crippen LogP contribution in [-0.4, -0.2) is 15.0 Å². The van der Waals surface area contributed by atoms with E-state index in [1.807, 2.05) is 48.8 Å². The van der Waals surface area contributed by atoms with Gasteiger partial charge in [-0.3, -0.25) is 9.97 Å². The van der Waals surface area contributed by atoms with E-state index >= 15 is 0 Å². The molecule has 4 heteroatoms. The maximum Gasteiger partial charge on any atom is 0.123 e. The van der Waals surface area contributed by atoms with Crippen LogP contribution in [0.2, 0.25) is 0 Å². The van der Waals surface area contributed by atoms with E-state index in [1.54, 1.807) is 12.4 Å². The molecule has 0 radical (unpaired) electrons. The first-order chi connectivity index (χ1) is 13.3. The van der Waals surface area contributed by atoms with Crippen LogP contribution in [0.3, 0.4) is 0 Å². The molecule has 4 aromatic rings. The van der Waals surface area contributed by atoms with Crippen molar-refractivity contribution in [2.24, 2.45) is 0 Å². The van der Waals surface area contributed by atoms with Crippen LogP contribution < -0.4 is 5.73 Å². The summed E-state index contributed by atoms with van der Waals surface area (Å²) in [5.41, 5.74) is 10.3. The molecule has 0 fully saturated rings. The number of pyridine rings is 3. The zero-order valence-corrected chi connectivity index (χ0v) is 14.8. The van der Waals surface area contributed by atoms with Crippen molar-refractivity contribution in [3.63, 3.8) is 0 Å². The Balaban J connectivity index is 1.94. The van der Waals surface area contributed by atoms with Gasteiger partial charge >= 0.3 is 0 Å². The molecule has 2 unspecified atom stereocenters. The van der Waals surface area contributed by atoms with E-state index in [9.17, 15) is 0 Å². The highest BCUT2D eigenvalue weighted by Gasteiger charge is 2.29.